The molecule has 0 bridgehead atoms. The number of ether oxygens (including phenoxy) is 1. The highest BCUT2D eigenvalue weighted by molar-refractivity contribution is 7.99. The molecule has 0 aromatic rings. The first kappa shape index (κ1) is 20.8. The van der Waals surface area contributed by atoms with Gasteiger partial charge in [0.25, 0.3) is 0 Å². The summed E-state index contributed by atoms with van der Waals surface area (Å²) in [6.07, 6.45) is 4.36. The van der Waals surface area contributed by atoms with Gasteiger partial charge in [-0.2, -0.15) is 11.8 Å². The van der Waals surface area contributed by atoms with Gasteiger partial charge in [-0.15, -0.1) is 0 Å². The molecule has 1 atom stereocenters. The van der Waals surface area contributed by atoms with E-state index in [0.717, 1.165) is 25.2 Å². The van der Waals surface area contributed by atoms with Crippen molar-refractivity contribution in [2.45, 2.75) is 78.8 Å². The molecule has 0 saturated heterocycles. The van der Waals surface area contributed by atoms with E-state index in [-0.39, 0.29) is 12.0 Å². The van der Waals surface area contributed by atoms with Crippen LogP contribution in [0.2, 0.25) is 0 Å². The van der Waals surface area contributed by atoms with Crippen LogP contribution in [0.25, 0.3) is 0 Å². The molecule has 0 rings (SSSR count). The molecule has 0 amide bonds. The van der Waals surface area contributed by atoms with Gasteiger partial charge in [0, 0.05) is 6.04 Å². The van der Waals surface area contributed by atoms with Gasteiger partial charge in [-0.1, -0.05) is 20.3 Å². The summed E-state index contributed by atoms with van der Waals surface area (Å²) in [6, 6.07) is 0.278. The monoisotopic (exact) mass is 317 g/mol. The minimum absolute atomic E-state index is 0.119. The van der Waals surface area contributed by atoms with Crippen LogP contribution in [0.3, 0.4) is 0 Å². The SMILES string of the molecule is CCOC(=O)C(C)(CCCCSCCC(C)C)NC(C)C. The van der Waals surface area contributed by atoms with Crippen LogP contribution in [0, 0.1) is 5.92 Å². The zero-order valence-electron chi connectivity index (χ0n) is 14.8. The van der Waals surface area contributed by atoms with E-state index >= 15 is 0 Å². The largest absolute Gasteiger partial charge is 0.465 e. The highest BCUT2D eigenvalue weighted by Gasteiger charge is 2.34. The summed E-state index contributed by atoms with van der Waals surface area (Å²) >= 11 is 2.03. The second-order valence-corrected chi connectivity index (χ2v) is 7.83. The molecule has 0 fully saturated rings. The Morgan fingerprint density at radius 2 is 1.86 bits per heavy atom. The van der Waals surface area contributed by atoms with Crippen LogP contribution in [0.5, 0.6) is 0 Å². The van der Waals surface area contributed by atoms with E-state index in [9.17, 15) is 4.79 Å². The molecule has 0 aliphatic heterocycles. The standard InChI is InChI=1S/C17H35NO2S/c1-7-20-16(19)17(6,18-15(4)5)11-8-9-12-21-13-10-14(2)3/h14-15,18H,7-13H2,1-6H3. The van der Waals surface area contributed by atoms with Gasteiger partial charge in [0.2, 0.25) is 0 Å². The lowest BCUT2D eigenvalue weighted by Gasteiger charge is -2.30. The van der Waals surface area contributed by atoms with Crippen LogP contribution >= 0.6 is 11.8 Å². The lowest BCUT2D eigenvalue weighted by molar-refractivity contribution is -0.151. The predicted octanol–water partition coefficient (Wildman–Crippen LogP) is 4.26. The number of esters is 1. The van der Waals surface area contributed by atoms with Crippen molar-refractivity contribution in [1.29, 1.82) is 0 Å². The number of carbonyl (C=O) groups excluding carboxylic acids is 1. The molecule has 4 heteroatoms. The maximum atomic E-state index is 12.2. The lowest BCUT2D eigenvalue weighted by atomic mass is 9.94. The van der Waals surface area contributed by atoms with Crippen LogP contribution in [-0.2, 0) is 9.53 Å². The van der Waals surface area contributed by atoms with Gasteiger partial charge in [-0.25, -0.2) is 0 Å². The zero-order valence-corrected chi connectivity index (χ0v) is 15.6. The summed E-state index contributed by atoms with van der Waals surface area (Å²) in [6.45, 7) is 12.9. The molecule has 0 aromatic carbocycles. The van der Waals surface area contributed by atoms with Crippen molar-refractivity contribution in [3.8, 4) is 0 Å². The first-order valence-corrected chi connectivity index (χ1v) is 9.50. The Hall–Kier alpha value is -0.220. The first-order valence-electron chi connectivity index (χ1n) is 8.34. The number of carbonyl (C=O) groups is 1. The number of hydrogen-bond acceptors (Lipinski definition) is 4. The lowest BCUT2D eigenvalue weighted by Crippen LogP contribution is -2.53. The topological polar surface area (TPSA) is 38.3 Å². The first-order chi connectivity index (χ1) is 9.81. The molecule has 1 N–H and O–H groups in total. The summed E-state index contributed by atoms with van der Waals surface area (Å²) in [5.74, 6) is 3.11. The Bertz CT molecular complexity index is 282. The molecule has 0 radical (unpaired) electrons. The molecular formula is C17H35NO2S. The second-order valence-electron chi connectivity index (χ2n) is 6.60. The molecule has 126 valence electrons. The quantitative estimate of drug-likeness (QED) is 0.431. The summed E-state index contributed by atoms with van der Waals surface area (Å²) in [7, 11) is 0. The highest BCUT2D eigenvalue weighted by Crippen LogP contribution is 2.19. The Morgan fingerprint density at radius 3 is 2.38 bits per heavy atom. The van der Waals surface area contributed by atoms with Gasteiger partial charge in [0.15, 0.2) is 0 Å². The summed E-state index contributed by atoms with van der Waals surface area (Å²) in [5.41, 5.74) is -0.549. The van der Waals surface area contributed by atoms with E-state index in [1.165, 1.54) is 17.9 Å². The van der Waals surface area contributed by atoms with E-state index < -0.39 is 5.54 Å². The minimum Gasteiger partial charge on any atom is -0.465 e. The van der Waals surface area contributed by atoms with Gasteiger partial charge in [-0.05, 0) is 64.4 Å². The Kier molecular flexibility index (Phi) is 11.2. The number of nitrogens with one attached hydrogen (secondary N) is 1. The smallest absolute Gasteiger partial charge is 0.326 e. The molecule has 0 spiro atoms. The van der Waals surface area contributed by atoms with E-state index in [0.29, 0.717) is 6.61 Å². The normalized spacial score (nSPS) is 14.5. The number of thioether (sulfide) groups is 1. The summed E-state index contributed by atoms with van der Waals surface area (Å²) < 4.78 is 5.22. The fourth-order valence-corrected chi connectivity index (χ4v) is 3.51. The van der Waals surface area contributed by atoms with Gasteiger partial charge in [0.1, 0.15) is 5.54 Å². The van der Waals surface area contributed by atoms with Crippen molar-refractivity contribution >= 4 is 17.7 Å². The molecule has 0 aliphatic carbocycles. The van der Waals surface area contributed by atoms with Crippen molar-refractivity contribution in [3.05, 3.63) is 0 Å². The molecule has 0 heterocycles. The van der Waals surface area contributed by atoms with Crippen molar-refractivity contribution in [1.82, 2.24) is 5.32 Å². The summed E-state index contributed by atoms with van der Waals surface area (Å²) in [5, 5.41) is 3.38. The third-order valence-electron chi connectivity index (χ3n) is 3.39. The molecule has 21 heavy (non-hydrogen) atoms. The Balaban J connectivity index is 4.04. The van der Waals surface area contributed by atoms with Gasteiger partial charge >= 0.3 is 5.97 Å². The van der Waals surface area contributed by atoms with Crippen LogP contribution in [0.4, 0.5) is 0 Å². The maximum Gasteiger partial charge on any atom is 0.326 e. The maximum absolute atomic E-state index is 12.2. The van der Waals surface area contributed by atoms with Crippen LogP contribution < -0.4 is 5.32 Å². The minimum atomic E-state index is -0.549. The third kappa shape index (κ3) is 10.2. The fourth-order valence-electron chi connectivity index (χ4n) is 2.26. The van der Waals surface area contributed by atoms with Crippen molar-refractivity contribution in [3.63, 3.8) is 0 Å². The molecule has 3 nitrogen and oxygen atoms in total. The number of unbranched alkanes of at least 4 members (excludes halogenated alkanes) is 1. The van der Waals surface area contributed by atoms with Crippen LogP contribution in [-0.4, -0.2) is 35.7 Å². The average Bonchev–Trinajstić information content (AvgIpc) is 2.36. The van der Waals surface area contributed by atoms with E-state index in [1.54, 1.807) is 0 Å². The Labute approximate surface area is 136 Å². The molecule has 1 unspecified atom stereocenters. The fraction of sp³-hybridized carbons (Fsp3) is 0.941. The third-order valence-corrected chi connectivity index (χ3v) is 4.49. The molecule has 0 aromatic heterocycles. The molecular weight excluding hydrogens is 282 g/mol. The molecule has 0 aliphatic rings. The number of rotatable bonds is 12. The number of hydrogen-bond donors (Lipinski definition) is 1. The van der Waals surface area contributed by atoms with Crippen molar-refractivity contribution in [2.75, 3.05) is 18.1 Å². The molecule has 0 saturated carbocycles. The Morgan fingerprint density at radius 1 is 1.19 bits per heavy atom. The van der Waals surface area contributed by atoms with Gasteiger partial charge in [-0.3, -0.25) is 10.1 Å². The second kappa shape index (κ2) is 11.4. The van der Waals surface area contributed by atoms with Gasteiger partial charge in [0.05, 0.1) is 6.61 Å². The van der Waals surface area contributed by atoms with E-state index in [1.807, 2.05) is 25.6 Å². The van der Waals surface area contributed by atoms with Crippen LogP contribution in [0.1, 0.15) is 67.2 Å². The van der Waals surface area contributed by atoms with Crippen molar-refractivity contribution in [2.24, 2.45) is 5.92 Å². The van der Waals surface area contributed by atoms with Crippen molar-refractivity contribution < 1.29 is 9.53 Å². The van der Waals surface area contributed by atoms with Gasteiger partial charge < -0.3 is 4.74 Å². The predicted molar refractivity (Wildman–Crippen MR) is 93.9 cm³/mol. The van der Waals surface area contributed by atoms with E-state index in [2.05, 4.69) is 33.0 Å². The highest BCUT2D eigenvalue weighted by atomic mass is 32.2. The van der Waals surface area contributed by atoms with E-state index in [4.69, 9.17) is 4.74 Å². The summed E-state index contributed by atoms with van der Waals surface area (Å²) in [4.78, 5) is 12.2. The van der Waals surface area contributed by atoms with Crippen LogP contribution in [0.15, 0.2) is 0 Å². The zero-order chi connectivity index (χ0) is 16.3. The average molecular weight is 318 g/mol.